The fraction of sp³-hybridized carbons (Fsp3) is 0.471. The number of rotatable bonds is 6. The summed E-state index contributed by atoms with van der Waals surface area (Å²) in [6.07, 6.45) is 0.304. The summed E-state index contributed by atoms with van der Waals surface area (Å²) in [5.41, 5.74) is 6.90. The molecule has 0 spiro atoms. The molecule has 2 atom stereocenters. The smallest absolute Gasteiger partial charge is 0.251 e. The highest BCUT2D eigenvalue weighted by Crippen LogP contribution is 2.19. The molecule has 2 heterocycles. The van der Waals surface area contributed by atoms with Gasteiger partial charge in [-0.2, -0.15) is 0 Å². The number of benzene rings is 1. The predicted molar refractivity (Wildman–Crippen MR) is 101 cm³/mol. The molecule has 1 aliphatic heterocycles. The van der Waals surface area contributed by atoms with Crippen LogP contribution >= 0.6 is 0 Å². The Morgan fingerprint density at radius 1 is 1.15 bits per heavy atom. The Morgan fingerprint density at radius 2 is 1.85 bits per heavy atom. The van der Waals surface area contributed by atoms with Crippen molar-refractivity contribution in [1.29, 1.82) is 0 Å². The number of hydrogen-bond acceptors (Lipinski definition) is 6. The molecule has 26 heavy (non-hydrogen) atoms. The van der Waals surface area contributed by atoms with Crippen LogP contribution in [0, 0.1) is 0 Å². The number of sulfonamides is 1. The molecule has 3 rings (SSSR count). The van der Waals surface area contributed by atoms with Crippen LogP contribution in [0.25, 0.3) is 10.9 Å². The number of hydrazine groups is 1. The zero-order chi connectivity index (χ0) is 18.9. The van der Waals surface area contributed by atoms with Crippen molar-refractivity contribution in [2.24, 2.45) is 0 Å². The number of hydrogen-bond donors (Lipinski definition) is 4. The van der Waals surface area contributed by atoms with Gasteiger partial charge in [0.25, 0.3) is 5.56 Å². The molecule has 8 nitrogen and oxygen atoms in total. The fourth-order valence-electron chi connectivity index (χ4n) is 3.36. The molecule has 2 aromatic rings. The minimum Gasteiger partial charge on any atom is -0.497 e. The summed E-state index contributed by atoms with van der Waals surface area (Å²) < 4.78 is 32.9. The van der Waals surface area contributed by atoms with E-state index in [0.29, 0.717) is 23.3 Å². The maximum atomic E-state index is 12.5. The highest BCUT2D eigenvalue weighted by molar-refractivity contribution is 7.90. The van der Waals surface area contributed by atoms with Crippen molar-refractivity contribution >= 4 is 20.9 Å². The van der Waals surface area contributed by atoms with Gasteiger partial charge < -0.3 is 9.72 Å². The van der Waals surface area contributed by atoms with Crippen molar-refractivity contribution in [2.75, 3.05) is 13.7 Å². The van der Waals surface area contributed by atoms with E-state index in [0.717, 1.165) is 5.39 Å². The van der Waals surface area contributed by atoms with Crippen LogP contribution in [0.1, 0.15) is 19.4 Å². The Hall–Kier alpha value is -1.94. The lowest BCUT2D eigenvalue weighted by molar-refractivity contribution is 0.415. The third-order valence-electron chi connectivity index (χ3n) is 4.71. The van der Waals surface area contributed by atoms with Crippen LogP contribution in [0.4, 0.5) is 0 Å². The van der Waals surface area contributed by atoms with E-state index in [1.165, 1.54) is 0 Å². The molecule has 0 radical (unpaired) electrons. The number of fused-ring (bicyclic) bond motifs is 1. The number of aromatic nitrogens is 1. The number of aromatic amines is 1. The number of ether oxygens (including phenoxy) is 1. The quantitative estimate of drug-likeness (QED) is 0.572. The highest BCUT2D eigenvalue weighted by Gasteiger charge is 2.39. The van der Waals surface area contributed by atoms with E-state index < -0.39 is 15.3 Å². The Morgan fingerprint density at radius 3 is 2.50 bits per heavy atom. The molecule has 4 N–H and O–H groups in total. The van der Waals surface area contributed by atoms with E-state index in [4.69, 9.17) is 4.74 Å². The first kappa shape index (κ1) is 18.8. The summed E-state index contributed by atoms with van der Waals surface area (Å²) >= 11 is 0. The summed E-state index contributed by atoms with van der Waals surface area (Å²) in [5.74, 6) is 0.695. The van der Waals surface area contributed by atoms with Crippen molar-refractivity contribution < 1.29 is 13.2 Å². The third kappa shape index (κ3) is 3.75. The van der Waals surface area contributed by atoms with Crippen LogP contribution in [0.5, 0.6) is 5.75 Å². The lowest BCUT2D eigenvalue weighted by atomic mass is 10.1. The average Bonchev–Trinajstić information content (AvgIpc) is 2.94. The van der Waals surface area contributed by atoms with E-state index in [-0.39, 0.29) is 24.2 Å². The molecule has 0 saturated carbocycles. The van der Waals surface area contributed by atoms with Gasteiger partial charge in [-0.3, -0.25) is 15.6 Å². The van der Waals surface area contributed by atoms with Crippen LogP contribution < -0.4 is 25.9 Å². The molecule has 1 fully saturated rings. The zero-order valence-corrected chi connectivity index (χ0v) is 15.8. The van der Waals surface area contributed by atoms with Crippen molar-refractivity contribution in [3.63, 3.8) is 0 Å². The first-order chi connectivity index (χ1) is 12.3. The molecule has 142 valence electrons. The van der Waals surface area contributed by atoms with Crippen LogP contribution in [0.2, 0.25) is 0 Å². The number of methoxy groups -OCH3 is 1. The summed E-state index contributed by atoms with van der Waals surface area (Å²) in [6, 6.07) is 6.77. The van der Waals surface area contributed by atoms with Gasteiger partial charge in [0.05, 0.1) is 7.11 Å². The Balaban J connectivity index is 1.73. The molecule has 0 bridgehead atoms. The van der Waals surface area contributed by atoms with Crippen LogP contribution in [-0.4, -0.2) is 44.4 Å². The highest BCUT2D eigenvalue weighted by atomic mass is 32.2. The lowest BCUT2D eigenvalue weighted by Gasteiger charge is -2.19. The summed E-state index contributed by atoms with van der Waals surface area (Å²) in [6.45, 7) is 3.81. The van der Waals surface area contributed by atoms with Gasteiger partial charge in [0.2, 0.25) is 10.0 Å². The molecule has 0 aliphatic carbocycles. The van der Waals surface area contributed by atoms with Crippen molar-refractivity contribution in [3.8, 4) is 5.75 Å². The Bertz CT molecular complexity index is 947. The van der Waals surface area contributed by atoms with Gasteiger partial charge in [0.15, 0.2) is 0 Å². The van der Waals surface area contributed by atoms with E-state index in [1.54, 1.807) is 25.3 Å². The zero-order valence-electron chi connectivity index (χ0n) is 15.0. The monoisotopic (exact) mass is 380 g/mol. The van der Waals surface area contributed by atoms with Crippen LogP contribution in [0.15, 0.2) is 29.1 Å². The Kier molecular flexibility index (Phi) is 5.33. The maximum Gasteiger partial charge on any atom is 0.251 e. The second kappa shape index (κ2) is 7.36. The average molecular weight is 380 g/mol. The van der Waals surface area contributed by atoms with E-state index in [9.17, 15) is 13.2 Å². The molecule has 1 aromatic carbocycles. The minimum absolute atomic E-state index is 0.164. The van der Waals surface area contributed by atoms with Gasteiger partial charge >= 0.3 is 0 Å². The first-order valence-electron chi connectivity index (χ1n) is 8.51. The molecular formula is C17H24N4O4S. The van der Waals surface area contributed by atoms with Gasteiger partial charge in [-0.15, -0.1) is 0 Å². The summed E-state index contributed by atoms with van der Waals surface area (Å²) in [7, 11) is -1.92. The SMILES string of the molecule is COc1ccc2[nH]c(=O)c(CCNS(=O)(=O)C3C(C)NNC3C)cc2c1. The third-order valence-corrected chi connectivity index (χ3v) is 6.85. The number of pyridine rings is 1. The van der Waals surface area contributed by atoms with Crippen molar-refractivity contribution in [1.82, 2.24) is 20.6 Å². The largest absolute Gasteiger partial charge is 0.497 e. The normalized spacial score (nSPS) is 23.4. The van der Waals surface area contributed by atoms with Crippen molar-refractivity contribution in [3.05, 3.63) is 40.2 Å². The predicted octanol–water partition coefficient (Wildman–Crippen LogP) is 0.252. The molecule has 1 saturated heterocycles. The van der Waals surface area contributed by atoms with E-state index in [1.807, 2.05) is 19.9 Å². The molecular weight excluding hydrogens is 356 g/mol. The van der Waals surface area contributed by atoms with Gasteiger partial charge in [-0.1, -0.05) is 0 Å². The standard InChI is InChI=1S/C17H24N4O4S/c1-10-16(11(2)21-20-10)26(23,24)18-7-6-12-8-13-9-14(25-3)4-5-15(13)19-17(12)22/h4-5,8-11,16,18,20-21H,6-7H2,1-3H3,(H,19,22). The Labute approximate surface area is 152 Å². The van der Waals surface area contributed by atoms with Gasteiger partial charge in [-0.05, 0) is 44.5 Å². The molecule has 2 unspecified atom stereocenters. The second-order valence-corrected chi connectivity index (χ2v) is 8.52. The summed E-state index contributed by atoms with van der Waals surface area (Å²) in [5, 5.41) is 0.273. The van der Waals surface area contributed by atoms with E-state index in [2.05, 4.69) is 20.6 Å². The fourth-order valence-corrected chi connectivity index (χ4v) is 5.15. The number of H-pyrrole nitrogens is 1. The second-order valence-electron chi connectivity index (χ2n) is 6.60. The molecule has 9 heteroatoms. The molecule has 1 aliphatic rings. The van der Waals surface area contributed by atoms with Gasteiger partial charge in [-0.25, -0.2) is 13.1 Å². The number of nitrogens with one attached hydrogen (secondary N) is 4. The lowest BCUT2D eigenvalue weighted by Crippen LogP contribution is -2.45. The topological polar surface area (TPSA) is 112 Å². The van der Waals surface area contributed by atoms with Crippen molar-refractivity contribution in [2.45, 2.75) is 37.6 Å². The van der Waals surface area contributed by atoms with Crippen LogP contribution in [-0.2, 0) is 16.4 Å². The molecule has 0 amide bonds. The maximum absolute atomic E-state index is 12.5. The van der Waals surface area contributed by atoms with E-state index >= 15 is 0 Å². The summed E-state index contributed by atoms with van der Waals surface area (Å²) in [4.78, 5) is 15.0. The minimum atomic E-state index is -3.50. The van der Waals surface area contributed by atoms with Gasteiger partial charge in [0.1, 0.15) is 11.0 Å². The molecule has 1 aromatic heterocycles. The first-order valence-corrected chi connectivity index (χ1v) is 10.1. The van der Waals surface area contributed by atoms with Gasteiger partial charge in [0, 0.05) is 35.1 Å². The van der Waals surface area contributed by atoms with Crippen LogP contribution in [0.3, 0.4) is 0 Å².